The Morgan fingerprint density at radius 2 is 2.00 bits per heavy atom. The topological polar surface area (TPSA) is 50.5 Å². The number of aromatic nitrogens is 3. The number of carbonyl (C=O) groups is 1. The van der Waals surface area contributed by atoms with Crippen molar-refractivity contribution in [3.05, 3.63) is 58.5 Å². The molecule has 1 amide bonds. The third-order valence-electron chi connectivity index (χ3n) is 6.83. The minimum Gasteiger partial charge on any atom is -0.311 e. The van der Waals surface area contributed by atoms with Crippen LogP contribution in [0.1, 0.15) is 54.2 Å². The molecule has 3 aromatic rings. The van der Waals surface area contributed by atoms with E-state index >= 15 is 0 Å². The first-order chi connectivity index (χ1) is 14.8. The second-order valence-corrected chi connectivity index (χ2v) is 9.13. The number of hydrogen-bond donors (Lipinski definition) is 0. The molecule has 0 radical (unpaired) electrons. The van der Waals surface area contributed by atoms with Crippen LogP contribution in [0.15, 0.2) is 36.7 Å². The molecule has 2 aromatic heterocycles. The highest BCUT2D eigenvalue weighted by molar-refractivity contribution is 6.29. The summed E-state index contributed by atoms with van der Waals surface area (Å²) < 4.78 is 40.2. The van der Waals surface area contributed by atoms with Crippen molar-refractivity contribution < 1.29 is 18.0 Å². The Morgan fingerprint density at radius 1 is 1.19 bits per heavy atom. The largest absolute Gasteiger partial charge is 0.390 e. The van der Waals surface area contributed by atoms with Crippen LogP contribution in [0, 0.1) is 0 Å². The van der Waals surface area contributed by atoms with E-state index in [0.717, 1.165) is 28.8 Å². The van der Waals surface area contributed by atoms with Crippen LogP contribution in [0.2, 0.25) is 5.15 Å². The van der Waals surface area contributed by atoms with E-state index in [-0.39, 0.29) is 24.3 Å². The summed E-state index contributed by atoms with van der Waals surface area (Å²) in [5.74, 6) is 0.231. The fraction of sp³-hybridized carbons (Fsp3) is 0.409. The number of hydrogen-bond acceptors (Lipinski definition) is 3. The summed E-state index contributed by atoms with van der Waals surface area (Å²) in [6, 6.07) is 7.73. The van der Waals surface area contributed by atoms with Crippen molar-refractivity contribution in [3.63, 3.8) is 0 Å². The Kier molecular flexibility index (Phi) is 3.83. The first-order valence-corrected chi connectivity index (χ1v) is 10.7. The second kappa shape index (κ2) is 6.22. The number of carbonyl (C=O) groups excluding carboxylic acids is 1. The van der Waals surface area contributed by atoms with E-state index < -0.39 is 18.0 Å². The molecule has 160 valence electrons. The lowest BCUT2D eigenvalue weighted by Crippen LogP contribution is -2.34. The fourth-order valence-electron chi connectivity index (χ4n) is 5.05. The lowest BCUT2D eigenvalue weighted by molar-refractivity contribution is -0.133. The summed E-state index contributed by atoms with van der Waals surface area (Å²) in [6.07, 6.45) is 0.432. The van der Waals surface area contributed by atoms with Crippen LogP contribution in [0.4, 0.5) is 18.9 Å². The van der Waals surface area contributed by atoms with Gasteiger partial charge in [0.25, 0.3) is 0 Å². The van der Waals surface area contributed by atoms with Crippen LogP contribution in [0.3, 0.4) is 0 Å². The van der Waals surface area contributed by atoms with Gasteiger partial charge in [-0.3, -0.25) is 4.79 Å². The van der Waals surface area contributed by atoms with Crippen molar-refractivity contribution in [2.75, 3.05) is 11.4 Å². The smallest absolute Gasteiger partial charge is 0.311 e. The van der Waals surface area contributed by atoms with Crippen molar-refractivity contribution >= 4 is 28.8 Å². The third-order valence-corrected chi connectivity index (χ3v) is 7.01. The lowest BCUT2D eigenvalue weighted by atomic mass is 9.95. The lowest BCUT2D eigenvalue weighted by Gasteiger charge is -2.19. The zero-order valence-electron chi connectivity index (χ0n) is 16.4. The van der Waals surface area contributed by atoms with E-state index in [4.69, 9.17) is 11.6 Å². The van der Waals surface area contributed by atoms with Crippen molar-refractivity contribution in [2.24, 2.45) is 0 Å². The van der Waals surface area contributed by atoms with Crippen LogP contribution >= 0.6 is 11.6 Å². The molecule has 5 nitrogen and oxygen atoms in total. The van der Waals surface area contributed by atoms with Gasteiger partial charge in [-0.05, 0) is 54.4 Å². The maximum atomic E-state index is 12.9. The molecule has 2 fully saturated rings. The molecule has 0 N–H and O–H groups in total. The molecule has 3 heterocycles. The van der Waals surface area contributed by atoms with Gasteiger partial charge in [-0.25, -0.2) is 9.50 Å². The molecule has 3 aliphatic rings. The van der Waals surface area contributed by atoms with Crippen molar-refractivity contribution in [2.45, 2.75) is 49.1 Å². The zero-order valence-corrected chi connectivity index (χ0v) is 17.1. The van der Waals surface area contributed by atoms with Crippen LogP contribution in [-0.2, 0) is 10.2 Å². The molecule has 1 spiro atoms. The van der Waals surface area contributed by atoms with Gasteiger partial charge in [0, 0.05) is 30.2 Å². The average Bonchev–Trinajstić information content (AvgIpc) is 3.61. The summed E-state index contributed by atoms with van der Waals surface area (Å²) in [7, 11) is 0. The number of halogens is 4. The number of benzene rings is 1. The molecule has 2 atom stereocenters. The summed E-state index contributed by atoms with van der Waals surface area (Å²) in [4.78, 5) is 18.7. The maximum Gasteiger partial charge on any atom is 0.390 e. The van der Waals surface area contributed by atoms with Crippen LogP contribution in [0.5, 0.6) is 0 Å². The normalized spacial score (nSPS) is 23.6. The molecule has 6 rings (SSSR count). The van der Waals surface area contributed by atoms with E-state index in [9.17, 15) is 18.0 Å². The number of nitrogens with zero attached hydrogens (tertiary/aromatic N) is 4. The van der Waals surface area contributed by atoms with Gasteiger partial charge in [-0.2, -0.15) is 18.3 Å². The van der Waals surface area contributed by atoms with Gasteiger partial charge in [0.1, 0.15) is 5.15 Å². The van der Waals surface area contributed by atoms with Gasteiger partial charge in [-0.1, -0.05) is 23.7 Å². The third kappa shape index (κ3) is 2.95. The highest BCUT2D eigenvalue weighted by Gasteiger charge is 2.59. The van der Waals surface area contributed by atoms with Gasteiger partial charge in [-0.15, -0.1) is 0 Å². The molecular weight excluding hydrogens is 429 g/mol. The zero-order chi connectivity index (χ0) is 21.5. The average molecular weight is 447 g/mol. The summed E-state index contributed by atoms with van der Waals surface area (Å²) in [5, 5.41) is 4.61. The number of rotatable bonds is 4. The number of fused-ring (bicyclic) bond motifs is 3. The number of imidazole rings is 1. The molecular formula is C22H18ClF3N4O. The van der Waals surface area contributed by atoms with E-state index in [1.54, 1.807) is 16.9 Å². The van der Waals surface area contributed by atoms with Gasteiger partial charge >= 0.3 is 6.18 Å². The van der Waals surface area contributed by atoms with E-state index in [0.29, 0.717) is 23.7 Å². The SMILES string of the molecule is O=C1N(CCC(F)(F)F)c2cc([C@H]3C[C@@H]3c3cc(Cl)nn4ccnc34)ccc2C12CC2. The number of amides is 1. The highest BCUT2D eigenvalue weighted by atomic mass is 35.5. The first-order valence-electron chi connectivity index (χ1n) is 10.3. The molecule has 0 unspecified atom stereocenters. The van der Waals surface area contributed by atoms with Gasteiger partial charge in [0.15, 0.2) is 5.65 Å². The first kappa shape index (κ1) is 19.1. The molecule has 1 aromatic carbocycles. The predicted octanol–water partition coefficient (Wildman–Crippen LogP) is 4.98. The molecule has 31 heavy (non-hydrogen) atoms. The molecule has 0 saturated heterocycles. The van der Waals surface area contributed by atoms with E-state index in [1.165, 1.54) is 4.90 Å². The van der Waals surface area contributed by atoms with Gasteiger partial charge in [0.2, 0.25) is 5.91 Å². The Hall–Kier alpha value is -2.61. The molecule has 2 aliphatic carbocycles. The molecule has 0 bridgehead atoms. The number of alkyl halides is 3. The standard InChI is InChI=1S/C22H18ClF3N4O/c23-18-11-15(19-27-6-8-30(19)28-18)14-10-13(14)12-1-2-16-17(9-12)29(7-5-22(24,25)26)20(31)21(16)3-4-21/h1-2,6,8-9,11,13-14H,3-5,7,10H2/t13-,14+/m1/s1. The van der Waals surface area contributed by atoms with E-state index in [2.05, 4.69) is 10.1 Å². The van der Waals surface area contributed by atoms with Crippen molar-refractivity contribution in [1.82, 2.24) is 14.6 Å². The van der Waals surface area contributed by atoms with Crippen molar-refractivity contribution in [1.29, 1.82) is 0 Å². The van der Waals surface area contributed by atoms with Gasteiger partial charge in [0.05, 0.1) is 11.8 Å². The maximum absolute atomic E-state index is 12.9. The fourth-order valence-corrected chi connectivity index (χ4v) is 5.25. The summed E-state index contributed by atoms with van der Waals surface area (Å²) >= 11 is 6.17. The molecule has 1 aliphatic heterocycles. The summed E-state index contributed by atoms with van der Waals surface area (Å²) in [5.41, 5.74) is 3.74. The molecule has 2 saturated carbocycles. The Labute approximate surface area is 180 Å². The quantitative estimate of drug-likeness (QED) is 0.567. The van der Waals surface area contributed by atoms with Crippen LogP contribution < -0.4 is 4.90 Å². The minimum absolute atomic E-state index is 0.184. The molecule has 9 heteroatoms. The van der Waals surface area contributed by atoms with Crippen molar-refractivity contribution in [3.8, 4) is 0 Å². The highest BCUT2D eigenvalue weighted by Crippen LogP contribution is 2.60. The minimum atomic E-state index is -4.30. The van der Waals surface area contributed by atoms with Crippen LogP contribution in [-0.4, -0.2) is 33.2 Å². The van der Waals surface area contributed by atoms with E-state index in [1.807, 2.05) is 24.3 Å². The van der Waals surface area contributed by atoms with Crippen LogP contribution in [0.25, 0.3) is 5.65 Å². The second-order valence-electron chi connectivity index (χ2n) is 8.75. The Bertz CT molecular complexity index is 1230. The predicted molar refractivity (Wildman–Crippen MR) is 108 cm³/mol. The monoisotopic (exact) mass is 446 g/mol. The Morgan fingerprint density at radius 3 is 2.74 bits per heavy atom. The van der Waals surface area contributed by atoms with Gasteiger partial charge < -0.3 is 4.90 Å². The number of anilines is 1. The summed E-state index contributed by atoms with van der Waals surface area (Å²) in [6.45, 7) is -0.330. The Balaban J connectivity index is 1.33.